The van der Waals surface area contributed by atoms with Crippen molar-refractivity contribution < 1.29 is 0 Å². The van der Waals surface area contributed by atoms with E-state index >= 15 is 0 Å². The summed E-state index contributed by atoms with van der Waals surface area (Å²) >= 11 is 0. The molecular weight excluding hydrogens is 1070 g/mol. The van der Waals surface area contributed by atoms with E-state index in [1.165, 1.54) is 186 Å². The maximum Gasteiger partial charge on any atom is -0.0152 e. The summed E-state index contributed by atoms with van der Waals surface area (Å²) in [5.41, 5.74) is 34.4. The Morgan fingerprint density at radius 2 is 0.416 bits per heavy atom. The van der Waals surface area contributed by atoms with Gasteiger partial charge in [-0.3, -0.25) is 0 Å². The fourth-order valence-corrected chi connectivity index (χ4v) is 10.6. The van der Waals surface area contributed by atoms with Crippen molar-refractivity contribution in [1.29, 1.82) is 0 Å². The lowest BCUT2D eigenvalue weighted by Gasteiger charge is -2.22. The van der Waals surface area contributed by atoms with Gasteiger partial charge >= 0.3 is 0 Å². The molecular formula is C89H118. The first kappa shape index (κ1) is 76.0. The van der Waals surface area contributed by atoms with E-state index < -0.39 is 0 Å². The van der Waals surface area contributed by atoms with Crippen LogP contribution in [0, 0.1) is 185 Å². The van der Waals surface area contributed by atoms with Gasteiger partial charge in [0.2, 0.25) is 0 Å². The second-order valence-corrected chi connectivity index (χ2v) is 26.8. The molecule has 0 aliphatic heterocycles. The molecule has 0 bridgehead atoms. The molecule has 0 aromatic heterocycles. The molecule has 474 valence electrons. The van der Waals surface area contributed by atoms with E-state index in [1.54, 1.807) is 0 Å². The molecule has 0 amide bonds. The van der Waals surface area contributed by atoms with Gasteiger partial charge in [-0.25, -0.2) is 0 Å². The summed E-state index contributed by atoms with van der Waals surface area (Å²) in [6, 6.07) is 58.9. The molecule has 10 aromatic carbocycles. The van der Waals surface area contributed by atoms with E-state index in [1.807, 2.05) is 0 Å². The summed E-state index contributed by atoms with van der Waals surface area (Å²) in [5, 5.41) is 5.40. The van der Waals surface area contributed by atoms with Crippen LogP contribution in [0.1, 0.15) is 179 Å². The Morgan fingerprint density at radius 3 is 0.742 bits per heavy atom. The second kappa shape index (κ2) is 37.7. The van der Waals surface area contributed by atoms with Gasteiger partial charge in [0, 0.05) is 0 Å². The van der Waals surface area contributed by atoms with Crippen molar-refractivity contribution in [2.45, 2.75) is 213 Å². The highest BCUT2D eigenvalue weighted by molar-refractivity contribution is 5.87. The van der Waals surface area contributed by atoms with Crippen LogP contribution < -0.4 is 0 Å². The predicted molar refractivity (Wildman–Crippen MR) is 402 cm³/mol. The van der Waals surface area contributed by atoms with Crippen molar-refractivity contribution in [3.05, 3.63) is 303 Å². The fourth-order valence-electron chi connectivity index (χ4n) is 10.6. The third-order valence-corrected chi connectivity index (χ3v) is 18.2. The molecule has 0 saturated heterocycles. The minimum absolute atomic E-state index is 1.02. The molecule has 1 aliphatic rings. The quantitative estimate of drug-likeness (QED) is 0.142. The van der Waals surface area contributed by atoms with Crippen molar-refractivity contribution in [3.63, 3.8) is 0 Å². The number of benzene rings is 10. The fraction of sp³-hybridized carbons (Fsp3) is 0.371. The molecule has 1 saturated carbocycles. The third kappa shape index (κ3) is 27.2. The van der Waals surface area contributed by atoms with E-state index in [9.17, 15) is 0 Å². The van der Waals surface area contributed by atoms with Crippen LogP contribution in [-0.2, 0) is 0 Å². The normalized spacial score (nSPS) is 12.7. The molecule has 0 nitrogen and oxygen atoms in total. The average Bonchev–Trinajstić information content (AvgIpc) is 3.48. The van der Waals surface area contributed by atoms with Crippen molar-refractivity contribution in [2.24, 2.45) is 11.8 Å². The monoisotopic (exact) mass is 1190 g/mol. The van der Waals surface area contributed by atoms with Gasteiger partial charge in [0.1, 0.15) is 0 Å². The standard InChI is InChI=1S/C13H14.C12H12.3C10H14.2C9H12.C8H16.C8H10/c1-9-4-7-13-11(3)10(2)5-6-12(13)8-9;1-9-3-5-12-8-10(2)4-6-11(12)7-9;2*1-7-5-8(2)10(4)9(3)6-7;1-7-5-6-8(2)10(4)9(7)3;2*1-7-4-5-8(2)9(3)6-7;2*1-7-3-5-8(2)6-4-7/h4-8H,1-3H3;3-8H,1-2H3;3*5-6H,1-4H3;2*4-6H,1-3H3;7-8H,3-6H2,1-2H3;3-6H,1-2H3. The highest BCUT2D eigenvalue weighted by Gasteiger charge is 2.13. The SMILES string of the molecule is CC1CCC(C)CC1.Cc1cc(C)c(C)c(C)c1.Cc1cc(C)c(C)c(C)c1.Cc1ccc(C)c(C)c1.Cc1ccc(C)c(C)c1.Cc1ccc(C)c(C)c1C.Cc1ccc(C)cc1.Cc1ccc2c(C)c(C)ccc2c1.Cc1ccc2cc(C)ccc2c1. The van der Waals surface area contributed by atoms with Gasteiger partial charge in [-0.2, -0.15) is 0 Å². The Balaban J connectivity index is 0.000000263. The van der Waals surface area contributed by atoms with Gasteiger partial charge in [0.05, 0.1) is 0 Å². The number of rotatable bonds is 0. The van der Waals surface area contributed by atoms with Crippen molar-refractivity contribution in [3.8, 4) is 0 Å². The maximum atomic E-state index is 2.37. The first-order valence-corrected chi connectivity index (χ1v) is 32.9. The molecule has 0 heteroatoms. The van der Waals surface area contributed by atoms with E-state index in [0.29, 0.717) is 0 Å². The first-order valence-electron chi connectivity index (χ1n) is 32.9. The molecule has 11 rings (SSSR count). The molecule has 1 fully saturated rings. The van der Waals surface area contributed by atoms with Crippen LogP contribution in [-0.4, -0.2) is 0 Å². The highest BCUT2D eigenvalue weighted by Crippen LogP contribution is 2.28. The lowest BCUT2D eigenvalue weighted by Crippen LogP contribution is -2.08. The van der Waals surface area contributed by atoms with E-state index in [-0.39, 0.29) is 0 Å². The van der Waals surface area contributed by atoms with Crippen LogP contribution in [0.4, 0.5) is 0 Å². The molecule has 1 aliphatic carbocycles. The Morgan fingerprint density at radius 1 is 0.180 bits per heavy atom. The number of aryl methyl sites for hydroxylation is 21. The summed E-state index contributed by atoms with van der Waals surface area (Å²) in [7, 11) is 0. The number of hydrogen-bond acceptors (Lipinski definition) is 0. The summed E-state index contributed by atoms with van der Waals surface area (Å²) < 4.78 is 0. The van der Waals surface area contributed by atoms with Gasteiger partial charge in [-0.1, -0.05) is 253 Å². The predicted octanol–water partition coefficient (Wildman–Crippen LogP) is 26.3. The Bertz CT molecular complexity index is 3540. The minimum Gasteiger partial charge on any atom is -0.0625 e. The van der Waals surface area contributed by atoms with Crippen LogP contribution in [0.15, 0.2) is 164 Å². The van der Waals surface area contributed by atoms with Crippen LogP contribution in [0.3, 0.4) is 0 Å². The lowest BCUT2D eigenvalue weighted by molar-refractivity contribution is 0.308. The van der Waals surface area contributed by atoms with E-state index in [2.05, 4.69) is 351 Å². The number of fused-ring (bicyclic) bond motifs is 2. The molecule has 89 heavy (non-hydrogen) atoms. The van der Waals surface area contributed by atoms with Gasteiger partial charge in [-0.05, 0) is 295 Å². The summed E-state index contributed by atoms with van der Waals surface area (Å²) in [4.78, 5) is 0. The van der Waals surface area contributed by atoms with E-state index in [4.69, 9.17) is 0 Å². The topological polar surface area (TPSA) is 0 Å². The zero-order valence-corrected chi connectivity index (χ0v) is 61.1. The largest absolute Gasteiger partial charge is 0.0625 e. The lowest BCUT2D eigenvalue weighted by atomic mass is 9.84. The van der Waals surface area contributed by atoms with Crippen molar-refractivity contribution >= 4 is 21.5 Å². The number of hydrogen-bond donors (Lipinski definition) is 0. The third-order valence-electron chi connectivity index (χ3n) is 18.2. The van der Waals surface area contributed by atoms with Crippen LogP contribution in [0.2, 0.25) is 0 Å². The van der Waals surface area contributed by atoms with Crippen molar-refractivity contribution in [1.82, 2.24) is 0 Å². The Labute approximate surface area is 545 Å². The Kier molecular flexibility index (Phi) is 32.1. The van der Waals surface area contributed by atoms with Gasteiger partial charge in [0.15, 0.2) is 0 Å². The second-order valence-electron chi connectivity index (χ2n) is 26.8. The van der Waals surface area contributed by atoms with E-state index in [0.717, 1.165) is 11.8 Å². The molecule has 0 spiro atoms. The van der Waals surface area contributed by atoms with Crippen LogP contribution >= 0.6 is 0 Å². The molecule has 0 heterocycles. The smallest absolute Gasteiger partial charge is 0.0152 e. The minimum atomic E-state index is 1.02. The maximum absolute atomic E-state index is 2.37. The van der Waals surface area contributed by atoms with Crippen molar-refractivity contribution in [2.75, 3.05) is 0 Å². The molecule has 0 radical (unpaired) electrons. The Hall–Kier alpha value is -7.28. The van der Waals surface area contributed by atoms with Gasteiger partial charge < -0.3 is 0 Å². The summed E-state index contributed by atoms with van der Waals surface area (Å²) in [6.45, 7) is 58.4. The van der Waals surface area contributed by atoms with Gasteiger partial charge in [0.25, 0.3) is 0 Å². The van der Waals surface area contributed by atoms with Crippen LogP contribution in [0.5, 0.6) is 0 Å². The van der Waals surface area contributed by atoms with Gasteiger partial charge in [-0.15, -0.1) is 0 Å². The van der Waals surface area contributed by atoms with Crippen LogP contribution in [0.25, 0.3) is 21.5 Å². The molecule has 0 atom stereocenters. The molecule has 0 N–H and O–H groups in total. The highest BCUT2D eigenvalue weighted by atomic mass is 14.2. The molecule has 10 aromatic rings. The zero-order chi connectivity index (χ0) is 66.8. The molecule has 0 unspecified atom stereocenters. The summed E-state index contributed by atoms with van der Waals surface area (Å²) in [5.74, 6) is 2.04. The summed E-state index contributed by atoms with van der Waals surface area (Å²) in [6.07, 6.45) is 5.89. The zero-order valence-electron chi connectivity index (χ0n) is 61.1. The average molecular weight is 1190 g/mol. The first-order chi connectivity index (χ1) is 41.8.